The van der Waals surface area contributed by atoms with Gasteiger partial charge in [0.2, 0.25) is 0 Å². The van der Waals surface area contributed by atoms with Crippen molar-refractivity contribution in [1.82, 2.24) is 24.9 Å². The maximum atomic E-state index is 4.59. The normalized spacial score (nSPS) is 12.1. The maximum absolute atomic E-state index is 4.59. The van der Waals surface area contributed by atoms with Gasteiger partial charge in [0, 0.05) is 44.0 Å². The lowest BCUT2D eigenvalue weighted by atomic mass is 9.89. The predicted molar refractivity (Wildman–Crippen MR) is 80.5 cm³/mol. The van der Waals surface area contributed by atoms with Gasteiger partial charge in [-0.25, -0.2) is 0 Å². The Kier molecular flexibility index (Phi) is 4.28. The molecule has 0 saturated heterocycles. The van der Waals surface area contributed by atoms with Gasteiger partial charge in [-0.05, 0) is 18.5 Å². The summed E-state index contributed by atoms with van der Waals surface area (Å²) in [7, 11) is 3.93. The number of hydrogen-bond acceptors (Lipinski definition) is 3. The van der Waals surface area contributed by atoms with Crippen molar-refractivity contribution < 1.29 is 0 Å². The van der Waals surface area contributed by atoms with E-state index in [1.165, 1.54) is 16.8 Å². The van der Waals surface area contributed by atoms with Crippen molar-refractivity contribution in [1.29, 1.82) is 0 Å². The molecule has 0 unspecified atom stereocenters. The Labute approximate surface area is 121 Å². The summed E-state index contributed by atoms with van der Waals surface area (Å²) in [5.41, 5.74) is 3.81. The smallest absolute Gasteiger partial charge is 0.0722 e. The van der Waals surface area contributed by atoms with E-state index in [2.05, 4.69) is 48.7 Å². The first-order valence-corrected chi connectivity index (χ1v) is 7.07. The first-order chi connectivity index (χ1) is 9.36. The summed E-state index contributed by atoms with van der Waals surface area (Å²) < 4.78 is 3.74. The highest BCUT2D eigenvalue weighted by atomic mass is 15.3. The van der Waals surface area contributed by atoms with Gasteiger partial charge in [-0.1, -0.05) is 20.8 Å². The Morgan fingerprint density at radius 2 is 1.90 bits per heavy atom. The molecule has 2 rings (SSSR count). The number of nitrogens with zero attached hydrogens (tertiary/aromatic N) is 4. The van der Waals surface area contributed by atoms with Crippen molar-refractivity contribution in [3.63, 3.8) is 0 Å². The average Bonchev–Trinajstić information content (AvgIpc) is 2.90. The summed E-state index contributed by atoms with van der Waals surface area (Å²) in [4.78, 5) is 0. The molecule has 0 aliphatic carbocycles. The van der Waals surface area contributed by atoms with E-state index >= 15 is 0 Å². The molecule has 0 spiro atoms. The highest BCUT2D eigenvalue weighted by Gasteiger charge is 2.21. The predicted octanol–water partition coefficient (Wildman–Crippen LogP) is 1.78. The van der Waals surface area contributed by atoms with Gasteiger partial charge in [0.15, 0.2) is 0 Å². The molecule has 0 saturated carbocycles. The van der Waals surface area contributed by atoms with Gasteiger partial charge >= 0.3 is 0 Å². The minimum Gasteiger partial charge on any atom is -0.312 e. The second-order valence-corrected chi connectivity index (χ2v) is 6.38. The lowest BCUT2D eigenvalue weighted by Gasteiger charge is -2.17. The number of nitrogens with one attached hydrogen (secondary N) is 1. The van der Waals surface area contributed by atoms with E-state index in [1.807, 2.05) is 29.7 Å². The SMILES string of the molecule is Cn1cc(CCNCc2cn(C)nc2C(C)(C)C)cn1. The number of aryl methyl sites for hydroxylation is 2. The van der Waals surface area contributed by atoms with E-state index in [4.69, 9.17) is 0 Å². The third-order valence-electron chi connectivity index (χ3n) is 3.28. The van der Waals surface area contributed by atoms with Crippen LogP contribution >= 0.6 is 0 Å². The van der Waals surface area contributed by atoms with E-state index in [0.29, 0.717) is 0 Å². The monoisotopic (exact) mass is 275 g/mol. The molecule has 20 heavy (non-hydrogen) atoms. The van der Waals surface area contributed by atoms with Crippen molar-refractivity contribution in [3.05, 3.63) is 35.4 Å². The zero-order valence-corrected chi connectivity index (χ0v) is 13.1. The number of rotatable bonds is 5. The highest BCUT2D eigenvalue weighted by molar-refractivity contribution is 5.23. The molecule has 2 aromatic heterocycles. The Balaban J connectivity index is 1.88. The van der Waals surface area contributed by atoms with Crippen molar-refractivity contribution in [2.75, 3.05) is 6.54 Å². The molecule has 5 heteroatoms. The molecular formula is C15H25N5. The molecule has 0 amide bonds. The van der Waals surface area contributed by atoms with Crippen LogP contribution in [0.4, 0.5) is 0 Å². The topological polar surface area (TPSA) is 47.7 Å². The molecule has 110 valence electrons. The van der Waals surface area contributed by atoms with E-state index in [9.17, 15) is 0 Å². The first kappa shape index (κ1) is 14.8. The molecule has 0 atom stereocenters. The Morgan fingerprint density at radius 3 is 2.50 bits per heavy atom. The third kappa shape index (κ3) is 3.70. The molecule has 0 aromatic carbocycles. The summed E-state index contributed by atoms with van der Waals surface area (Å²) in [5.74, 6) is 0. The second kappa shape index (κ2) is 5.79. The van der Waals surface area contributed by atoms with Crippen LogP contribution in [-0.2, 0) is 32.5 Å². The zero-order valence-electron chi connectivity index (χ0n) is 13.1. The fourth-order valence-electron chi connectivity index (χ4n) is 2.36. The van der Waals surface area contributed by atoms with Crippen LogP contribution in [0.15, 0.2) is 18.6 Å². The maximum Gasteiger partial charge on any atom is 0.0722 e. The summed E-state index contributed by atoms with van der Waals surface area (Å²) in [5, 5.41) is 12.3. The van der Waals surface area contributed by atoms with Crippen LogP contribution in [0.5, 0.6) is 0 Å². The fraction of sp³-hybridized carbons (Fsp3) is 0.600. The molecule has 1 N–H and O–H groups in total. The van der Waals surface area contributed by atoms with Crippen LogP contribution in [0.2, 0.25) is 0 Å². The van der Waals surface area contributed by atoms with Crippen LogP contribution in [0.25, 0.3) is 0 Å². The van der Waals surface area contributed by atoms with Gasteiger partial charge in [-0.2, -0.15) is 10.2 Å². The second-order valence-electron chi connectivity index (χ2n) is 6.38. The average molecular weight is 275 g/mol. The molecule has 0 fully saturated rings. The lowest BCUT2D eigenvalue weighted by molar-refractivity contribution is 0.543. The Bertz CT molecular complexity index is 559. The largest absolute Gasteiger partial charge is 0.312 e. The van der Waals surface area contributed by atoms with Crippen LogP contribution in [0.3, 0.4) is 0 Å². The quantitative estimate of drug-likeness (QED) is 0.846. The van der Waals surface area contributed by atoms with E-state index in [1.54, 1.807) is 0 Å². The molecule has 0 bridgehead atoms. The van der Waals surface area contributed by atoms with Crippen molar-refractivity contribution in [2.24, 2.45) is 14.1 Å². The molecule has 0 aliphatic heterocycles. The van der Waals surface area contributed by atoms with Gasteiger partial charge in [-0.15, -0.1) is 0 Å². The molecule has 0 aliphatic rings. The highest BCUT2D eigenvalue weighted by Crippen LogP contribution is 2.23. The molecule has 2 aromatic rings. The molecule has 5 nitrogen and oxygen atoms in total. The van der Waals surface area contributed by atoms with Crippen molar-refractivity contribution in [2.45, 2.75) is 39.2 Å². The fourth-order valence-corrected chi connectivity index (χ4v) is 2.36. The van der Waals surface area contributed by atoms with Crippen LogP contribution in [-0.4, -0.2) is 26.1 Å². The van der Waals surface area contributed by atoms with E-state index < -0.39 is 0 Å². The Morgan fingerprint density at radius 1 is 1.15 bits per heavy atom. The number of hydrogen-bond donors (Lipinski definition) is 1. The summed E-state index contributed by atoms with van der Waals surface area (Å²) >= 11 is 0. The Hall–Kier alpha value is -1.62. The lowest BCUT2D eigenvalue weighted by Crippen LogP contribution is -2.20. The van der Waals surface area contributed by atoms with Gasteiger partial charge in [0.05, 0.1) is 11.9 Å². The summed E-state index contributed by atoms with van der Waals surface area (Å²) in [6.45, 7) is 8.42. The molecular weight excluding hydrogens is 250 g/mol. The number of aromatic nitrogens is 4. The molecule has 0 radical (unpaired) electrons. The van der Waals surface area contributed by atoms with Gasteiger partial charge < -0.3 is 5.32 Å². The first-order valence-electron chi connectivity index (χ1n) is 7.07. The van der Waals surface area contributed by atoms with Gasteiger partial charge in [-0.3, -0.25) is 9.36 Å². The summed E-state index contributed by atoms with van der Waals surface area (Å²) in [6, 6.07) is 0. The minimum absolute atomic E-state index is 0.0849. The standard InChI is InChI=1S/C15H25N5/c1-15(2,3)14-13(11-20(5)18-14)9-16-7-6-12-8-17-19(4)10-12/h8,10-11,16H,6-7,9H2,1-5H3. The van der Waals surface area contributed by atoms with Crippen LogP contribution in [0.1, 0.15) is 37.6 Å². The van der Waals surface area contributed by atoms with Crippen LogP contribution < -0.4 is 5.32 Å². The minimum atomic E-state index is 0.0849. The van der Waals surface area contributed by atoms with Crippen LogP contribution in [0, 0.1) is 0 Å². The van der Waals surface area contributed by atoms with E-state index in [-0.39, 0.29) is 5.41 Å². The molecule has 2 heterocycles. The van der Waals surface area contributed by atoms with Crippen molar-refractivity contribution >= 4 is 0 Å². The third-order valence-corrected chi connectivity index (χ3v) is 3.28. The van der Waals surface area contributed by atoms with Gasteiger partial charge in [0.1, 0.15) is 0 Å². The van der Waals surface area contributed by atoms with E-state index in [0.717, 1.165) is 19.5 Å². The van der Waals surface area contributed by atoms with Gasteiger partial charge in [0.25, 0.3) is 0 Å². The zero-order chi connectivity index (χ0) is 14.8. The summed E-state index contributed by atoms with van der Waals surface area (Å²) in [6.07, 6.45) is 7.09. The van der Waals surface area contributed by atoms with Crippen molar-refractivity contribution in [3.8, 4) is 0 Å².